The lowest BCUT2D eigenvalue weighted by molar-refractivity contribution is -0.119. The molecule has 1 amide bonds. The molecule has 0 aromatic heterocycles. The minimum Gasteiger partial charge on any atom is -0.497 e. The number of methoxy groups -OCH3 is 1. The van der Waals surface area contributed by atoms with Crippen molar-refractivity contribution in [1.29, 1.82) is 0 Å². The smallest absolute Gasteiger partial charge is 0.272 e. The monoisotopic (exact) mass is 464 g/mol. The SMILES string of the molecule is COc1ccc(NC(=S)NC2N=C(c3ccccc3)c3cc(Cl)ccc3N(C)C2=O)cc1. The first kappa shape index (κ1) is 21.8. The van der Waals surface area contributed by atoms with E-state index in [1.165, 1.54) is 0 Å². The first-order chi connectivity index (χ1) is 15.5. The Hall–Kier alpha value is -3.42. The molecule has 4 rings (SSSR count). The Morgan fingerprint density at radius 2 is 1.81 bits per heavy atom. The van der Waals surface area contributed by atoms with Gasteiger partial charge < -0.3 is 20.3 Å². The average Bonchev–Trinajstić information content (AvgIpc) is 2.90. The third-order valence-electron chi connectivity index (χ3n) is 5.06. The summed E-state index contributed by atoms with van der Waals surface area (Å²) in [5.41, 5.74) is 3.80. The van der Waals surface area contributed by atoms with Gasteiger partial charge in [0.15, 0.2) is 5.11 Å². The van der Waals surface area contributed by atoms with Crippen molar-refractivity contribution in [1.82, 2.24) is 5.32 Å². The number of thiocarbonyl (C=S) groups is 1. The summed E-state index contributed by atoms with van der Waals surface area (Å²) in [4.78, 5) is 19.6. The van der Waals surface area contributed by atoms with Gasteiger partial charge in [0.2, 0.25) is 6.17 Å². The summed E-state index contributed by atoms with van der Waals surface area (Å²) in [5.74, 6) is 0.502. The van der Waals surface area contributed by atoms with E-state index >= 15 is 0 Å². The molecule has 1 unspecified atom stereocenters. The third-order valence-corrected chi connectivity index (χ3v) is 5.52. The molecule has 1 aliphatic heterocycles. The summed E-state index contributed by atoms with van der Waals surface area (Å²) < 4.78 is 5.17. The number of nitrogens with zero attached hydrogens (tertiary/aromatic N) is 2. The van der Waals surface area contributed by atoms with Gasteiger partial charge in [0.1, 0.15) is 5.75 Å². The molecule has 0 saturated carbocycles. The van der Waals surface area contributed by atoms with Gasteiger partial charge in [0.25, 0.3) is 5.91 Å². The van der Waals surface area contributed by atoms with E-state index in [0.717, 1.165) is 28.3 Å². The normalized spacial score (nSPS) is 15.3. The van der Waals surface area contributed by atoms with Crippen LogP contribution in [0.5, 0.6) is 5.75 Å². The topological polar surface area (TPSA) is 66.0 Å². The summed E-state index contributed by atoms with van der Waals surface area (Å²) in [7, 11) is 3.32. The minimum absolute atomic E-state index is 0.238. The van der Waals surface area contributed by atoms with E-state index in [2.05, 4.69) is 10.6 Å². The summed E-state index contributed by atoms with van der Waals surface area (Å²) in [6.07, 6.45) is -0.917. The van der Waals surface area contributed by atoms with Crippen molar-refractivity contribution < 1.29 is 9.53 Å². The van der Waals surface area contributed by atoms with Crippen molar-refractivity contribution in [2.75, 3.05) is 24.4 Å². The Morgan fingerprint density at radius 1 is 1.09 bits per heavy atom. The van der Waals surface area contributed by atoms with Crippen LogP contribution in [0.25, 0.3) is 0 Å². The number of benzene rings is 3. The Balaban J connectivity index is 1.67. The number of fused-ring (bicyclic) bond motifs is 1. The number of halogens is 1. The van der Waals surface area contributed by atoms with Crippen LogP contribution in [0.1, 0.15) is 11.1 Å². The summed E-state index contributed by atoms with van der Waals surface area (Å²) >= 11 is 11.7. The van der Waals surface area contributed by atoms with Crippen LogP contribution in [0, 0.1) is 0 Å². The number of ether oxygens (including phenoxy) is 1. The van der Waals surface area contributed by atoms with Gasteiger partial charge in [0, 0.05) is 28.9 Å². The number of carbonyl (C=O) groups is 1. The molecule has 162 valence electrons. The molecule has 0 spiro atoms. The van der Waals surface area contributed by atoms with Gasteiger partial charge >= 0.3 is 0 Å². The molecule has 0 bridgehead atoms. The average molecular weight is 465 g/mol. The predicted octanol–water partition coefficient (Wildman–Crippen LogP) is 4.48. The Labute approximate surface area is 196 Å². The maximum atomic E-state index is 13.3. The highest BCUT2D eigenvalue weighted by Crippen LogP contribution is 2.30. The van der Waals surface area contributed by atoms with E-state index in [4.69, 9.17) is 33.5 Å². The predicted molar refractivity (Wildman–Crippen MR) is 133 cm³/mol. The lowest BCUT2D eigenvalue weighted by Crippen LogP contribution is -2.47. The molecule has 1 aliphatic rings. The van der Waals surface area contributed by atoms with Crippen molar-refractivity contribution in [3.05, 3.63) is 88.9 Å². The van der Waals surface area contributed by atoms with Gasteiger partial charge in [-0.15, -0.1) is 0 Å². The fraction of sp³-hybridized carbons (Fsp3) is 0.125. The molecular weight excluding hydrogens is 444 g/mol. The molecule has 8 heteroatoms. The van der Waals surface area contributed by atoms with Crippen molar-refractivity contribution in [2.45, 2.75) is 6.17 Å². The number of carbonyl (C=O) groups excluding carboxylic acids is 1. The Bertz CT molecular complexity index is 1180. The quantitative estimate of drug-likeness (QED) is 0.557. The second-order valence-corrected chi connectivity index (χ2v) is 7.98. The van der Waals surface area contributed by atoms with Crippen LogP contribution in [0.3, 0.4) is 0 Å². The van der Waals surface area contributed by atoms with Gasteiger partial charge in [-0.1, -0.05) is 41.9 Å². The van der Waals surface area contributed by atoms with E-state index in [0.29, 0.717) is 10.7 Å². The van der Waals surface area contributed by atoms with Gasteiger partial charge in [0.05, 0.1) is 18.5 Å². The highest BCUT2D eigenvalue weighted by Gasteiger charge is 2.30. The standard InChI is InChI=1S/C24H21ClN4O2S/c1-29-20-13-8-16(25)14-19(20)21(15-6-4-3-5-7-15)27-22(23(29)30)28-24(32)26-17-9-11-18(31-2)12-10-17/h3-14,22H,1-2H3,(H2,26,28,32). The fourth-order valence-electron chi connectivity index (χ4n) is 3.43. The lowest BCUT2D eigenvalue weighted by atomic mass is 10.0. The molecule has 0 aliphatic carbocycles. The van der Waals surface area contributed by atoms with E-state index in [1.54, 1.807) is 25.1 Å². The van der Waals surface area contributed by atoms with Crippen LogP contribution in [0.4, 0.5) is 11.4 Å². The second kappa shape index (κ2) is 9.38. The molecule has 32 heavy (non-hydrogen) atoms. The van der Waals surface area contributed by atoms with E-state index < -0.39 is 6.17 Å². The van der Waals surface area contributed by atoms with Crippen LogP contribution in [0.2, 0.25) is 5.02 Å². The number of benzodiazepines with no additional fused rings is 1. The molecule has 3 aromatic carbocycles. The van der Waals surface area contributed by atoms with Crippen LogP contribution in [0.15, 0.2) is 77.8 Å². The molecule has 6 nitrogen and oxygen atoms in total. The van der Waals surface area contributed by atoms with E-state index in [9.17, 15) is 4.79 Å². The first-order valence-corrected chi connectivity index (χ1v) is 10.7. The largest absolute Gasteiger partial charge is 0.497 e. The summed E-state index contributed by atoms with van der Waals surface area (Å²) in [6.45, 7) is 0. The molecular formula is C24H21ClN4O2S. The summed E-state index contributed by atoms with van der Waals surface area (Å²) in [6, 6.07) is 22.4. The van der Waals surface area contributed by atoms with Gasteiger partial charge in [-0.05, 0) is 54.7 Å². The summed E-state index contributed by atoms with van der Waals surface area (Å²) in [5, 5.41) is 6.97. The fourth-order valence-corrected chi connectivity index (χ4v) is 3.83. The highest BCUT2D eigenvalue weighted by molar-refractivity contribution is 7.80. The minimum atomic E-state index is -0.917. The number of likely N-dealkylation sites (N-methyl/N-ethyl adjacent to an activating group) is 1. The van der Waals surface area contributed by atoms with Gasteiger partial charge in [-0.3, -0.25) is 4.79 Å². The zero-order chi connectivity index (χ0) is 22.7. The van der Waals surface area contributed by atoms with Crippen molar-refractivity contribution in [3.63, 3.8) is 0 Å². The number of aliphatic imine (C=N–C) groups is 1. The molecule has 0 saturated heterocycles. The van der Waals surface area contributed by atoms with Crippen molar-refractivity contribution >= 4 is 51.9 Å². The van der Waals surface area contributed by atoms with E-state index in [-0.39, 0.29) is 11.0 Å². The molecule has 2 N–H and O–H groups in total. The second-order valence-electron chi connectivity index (χ2n) is 7.13. The molecule has 0 fully saturated rings. The third kappa shape index (κ3) is 4.59. The number of nitrogens with one attached hydrogen (secondary N) is 2. The number of hydrogen-bond acceptors (Lipinski definition) is 4. The lowest BCUT2D eigenvalue weighted by Gasteiger charge is -2.22. The number of amides is 1. The first-order valence-electron chi connectivity index (χ1n) is 9.88. The number of rotatable bonds is 4. The molecule has 1 heterocycles. The van der Waals surface area contributed by atoms with Crippen molar-refractivity contribution in [2.24, 2.45) is 4.99 Å². The number of hydrogen-bond donors (Lipinski definition) is 2. The van der Waals surface area contributed by atoms with Gasteiger partial charge in [-0.2, -0.15) is 0 Å². The van der Waals surface area contributed by atoms with Gasteiger partial charge in [-0.25, -0.2) is 4.99 Å². The highest BCUT2D eigenvalue weighted by atomic mass is 35.5. The maximum Gasteiger partial charge on any atom is 0.272 e. The van der Waals surface area contributed by atoms with Crippen LogP contribution >= 0.6 is 23.8 Å². The number of anilines is 2. The van der Waals surface area contributed by atoms with Crippen LogP contribution in [-0.2, 0) is 4.79 Å². The maximum absolute atomic E-state index is 13.3. The Kier molecular flexibility index (Phi) is 6.39. The van der Waals surface area contributed by atoms with Crippen molar-refractivity contribution in [3.8, 4) is 5.75 Å². The Morgan fingerprint density at radius 3 is 2.50 bits per heavy atom. The zero-order valence-corrected chi connectivity index (χ0v) is 19.1. The van der Waals surface area contributed by atoms with Crippen LogP contribution < -0.4 is 20.3 Å². The van der Waals surface area contributed by atoms with E-state index in [1.807, 2.05) is 66.7 Å². The molecule has 1 atom stereocenters. The molecule has 3 aromatic rings. The molecule has 0 radical (unpaired) electrons. The zero-order valence-electron chi connectivity index (χ0n) is 17.5. The van der Waals surface area contributed by atoms with Crippen LogP contribution in [-0.4, -0.2) is 37.1 Å².